The van der Waals surface area contributed by atoms with Crippen molar-refractivity contribution in [1.29, 1.82) is 0 Å². The molecule has 2 heteroatoms. The zero-order valence-electron chi connectivity index (χ0n) is 30.8. The quantitative estimate of drug-likeness (QED) is 0.157. The molecule has 1 nitrogen and oxygen atoms in total. The minimum absolute atomic E-state index is 0.512. The van der Waals surface area contributed by atoms with Crippen molar-refractivity contribution < 1.29 is 0 Å². The molecule has 0 spiro atoms. The highest BCUT2D eigenvalue weighted by Gasteiger charge is 2.30. The molecule has 1 aliphatic heterocycles. The van der Waals surface area contributed by atoms with E-state index in [0.717, 1.165) is 23.5 Å². The Bertz CT molecular complexity index is 3010. The number of benzene rings is 9. The van der Waals surface area contributed by atoms with Crippen LogP contribution < -0.4 is 4.90 Å². The lowest BCUT2D eigenvalue weighted by Crippen LogP contribution is -2.11. The van der Waals surface area contributed by atoms with Crippen molar-refractivity contribution in [3.63, 3.8) is 0 Å². The van der Waals surface area contributed by atoms with Gasteiger partial charge in [-0.2, -0.15) is 0 Å². The van der Waals surface area contributed by atoms with Crippen LogP contribution in [-0.2, 0) is 0 Å². The molecule has 0 aromatic heterocycles. The fourth-order valence-electron chi connectivity index (χ4n) is 8.81. The van der Waals surface area contributed by atoms with E-state index in [1.54, 1.807) is 0 Å². The Labute approximate surface area is 331 Å². The summed E-state index contributed by atoms with van der Waals surface area (Å²) in [5.74, 6) is 0. The second-order valence-corrected chi connectivity index (χ2v) is 16.0. The predicted octanol–water partition coefficient (Wildman–Crippen LogP) is 15.4. The van der Waals surface area contributed by atoms with E-state index < -0.39 is 0 Å². The van der Waals surface area contributed by atoms with Crippen LogP contribution in [0.3, 0.4) is 0 Å². The normalized spacial score (nSPS) is 14.5. The monoisotopic (exact) mass is 731 g/mol. The lowest BCUT2D eigenvalue weighted by atomic mass is 9.94. The summed E-state index contributed by atoms with van der Waals surface area (Å²) >= 11 is 2.02. The van der Waals surface area contributed by atoms with Gasteiger partial charge in [0.05, 0.1) is 5.69 Å². The standard InChI is InChI=1S/C54H37NS/c1-2-11-37(12-3-1)45-14-6-8-19-51(45)55(44-32-27-39(28-33-44)48-17-10-18-50-49-16-7-9-20-52(49)56-54(48)50)43-30-25-36(26-31-43)41-29-34-47-42(35-41)24-23-40-22-21-38-13-4-5-15-46(38)53(40)47/h1-19,21-35,52H,20H2. The topological polar surface area (TPSA) is 3.24 Å². The van der Waals surface area contributed by atoms with E-state index >= 15 is 0 Å². The molecule has 56 heavy (non-hydrogen) atoms. The Morgan fingerprint density at radius 2 is 1.07 bits per heavy atom. The van der Waals surface area contributed by atoms with Gasteiger partial charge in [0, 0.05) is 27.1 Å². The minimum Gasteiger partial charge on any atom is -0.310 e. The van der Waals surface area contributed by atoms with E-state index in [0.29, 0.717) is 5.25 Å². The molecule has 1 heterocycles. The summed E-state index contributed by atoms with van der Waals surface area (Å²) < 4.78 is 0. The van der Waals surface area contributed by atoms with Crippen LogP contribution in [0.25, 0.3) is 71.3 Å². The Hall–Kier alpha value is -6.61. The van der Waals surface area contributed by atoms with Crippen molar-refractivity contribution in [3.05, 3.63) is 212 Å². The Morgan fingerprint density at radius 1 is 0.446 bits per heavy atom. The van der Waals surface area contributed by atoms with E-state index in [4.69, 9.17) is 0 Å². The number of fused-ring (bicyclic) bond motifs is 8. The number of anilines is 3. The SMILES string of the molecule is C1=CCC2Sc3c(cccc3-c3ccc(N(c4ccc(-c5ccc6c(ccc7ccc8ccccc8c76)c5)cc4)c4ccccc4-c4ccccc4)cc3)C2=C1. The van der Waals surface area contributed by atoms with Crippen molar-refractivity contribution >= 4 is 66.7 Å². The zero-order chi connectivity index (χ0) is 37.0. The Balaban J connectivity index is 0.991. The molecule has 0 bridgehead atoms. The molecule has 264 valence electrons. The largest absolute Gasteiger partial charge is 0.310 e. The van der Waals surface area contributed by atoms with Crippen molar-refractivity contribution in [2.24, 2.45) is 0 Å². The molecule has 9 aromatic rings. The number of allylic oxidation sites excluding steroid dienone is 3. The molecule has 1 unspecified atom stereocenters. The van der Waals surface area contributed by atoms with Crippen LogP contribution in [0.2, 0.25) is 0 Å². The summed E-state index contributed by atoms with van der Waals surface area (Å²) in [5.41, 5.74) is 13.6. The molecule has 1 atom stereocenters. The third kappa shape index (κ3) is 5.56. The third-order valence-corrected chi connectivity index (χ3v) is 13.0. The van der Waals surface area contributed by atoms with Gasteiger partial charge in [-0.25, -0.2) is 0 Å². The van der Waals surface area contributed by atoms with Gasteiger partial charge in [-0.15, -0.1) is 11.8 Å². The second kappa shape index (κ2) is 13.6. The first-order valence-corrected chi connectivity index (χ1v) is 20.3. The maximum absolute atomic E-state index is 2.41. The van der Waals surface area contributed by atoms with Crippen LogP contribution >= 0.6 is 11.8 Å². The van der Waals surface area contributed by atoms with Gasteiger partial charge in [0.15, 0.2) is 0 Å². The predicted molar refractivity (Wildman–Crippen MR) is 241 cm³/mol. The molecule has 0 radical (unpaired) electrons. The van der Waals surface area contributed by atoms with Crippen LogP contribution in [0.1, 0.15) is 12.0 Å². The molecule has 9 aromatic carbocycles. The van der Waals surface area contributed by atoms with Gasteiger partial charge in [-0.3, -0.25) is 0 Å². The molecule has 1 aliphatic carbocycles. The number of rotatable bonds is 6. The molecule has 0 amide bonds. The molecule has 0 fully saturated rings. The van der Waals surface area contributed by atoms with E-state index in [-0.39, 0.29) is 0 Å². The summed E-state index contributed by atoms with van der Waals surface area (Å²) in [7, 11) is 0. The van der Waals surface area contributed by atoms with Crippen molar-refractivity contribution in [1.82, 2.24) is 0 Å². The lowest BCUT2D eigenvalue weighted by Gasteiger charge is -2.28. The molecule has 0 saturated carbocycles. The zero-order valence-corrected chi connectivity index (χ0v) is 31.6. The average Bonchev–Trinajstić information content (AvgIpc) is 3.66. The van der Waals surface area contributed by atoms with Gasteiger partial charge >= 0.3 is 0 Å². The van der Waals surface area contributed by atoms with Gasteiger partial charge in [-0.05, 0) is 114 Å². The first kappa shape index (κ1) is 32.8. The third-order valence-electron chi connectivity index (χ3n) is 11.5. The highest BCUT2D eigenvalue weighted by atomic mass is 32.2. The summed E-state index contributed by atoms with van der Waals surface area (Å²) in [4.78, 5) is 3.81. The summed E-state index contributed by atoms with van der Waals surface area (Å²) in [6.07, 6.45) is 7.90. The molecule has 2 aliphatic rings. The number of nitrogens with zero attached hydrogens (tertiary/aromatic N) is 1. The minimum atomic E-state index is 0.512. The number of thioether (sulfide) groups is 1. The maximum Gasteiger partial charge on any atom is 0.0540 e. The molecule has 0 saturated heterocycles. The highest BCUT2D eigenvalue weighted by molar-refractivity contribution is 8.01. The second-order valence-electron chi connectivity index (χ2n) is 14.8. The first-order chi connectivity index (χ1) is 27.8. The van der Waals surface area contributed by atoms with E-state index in [9.17, 15) is 0 Å². The summed E-state index contributed by atoms with van der Waals surface area (Å²) in [6, 6.07) is 69.1. The van der Waals surface area contributed by atoms with Crippen LogP contribution in [0.4, 0.5) is 17.1 Å². The number of hydrogen-bond acceptors (Lipinski definition) is 2. The van der Waals surface area contributed by atoms with Crippen LogP contribution in [0.15, 0.2) is 211 Å². The van der Waals surface area contributed by atoms with Gasteiger partial charge < -0.3 is 4.90 Å². The maximum atomic E-state index is 2.41. The Morgan fingerprint density at radius 3 is 1.91 bits per heavy atom. The average molecular weight is 732 g/mol. The lowest BCUT2D eigenvalue weighted by molar-refractivity contribution is 1.09. The molecule has 11 rings (SSSR count). The number of hydrogen-bond donors (Lipinski definition) is 0. The van der Waals surface area contributed by atoms with Gasteiger partial charge in [0.2, 0.25) is 0 Å². The van der Waals surface area contributed by atoms with E-state index in [2.05, 4.69) is 211 Å². The first-order valence-electron chi connectivity index (χ1n) is 19.4. The van der Waals surface area contributed by atoms with E-state index in [1.165, 1.54) is 81.7 Å². The van der Waals surface area contributed by atoms with Gasteiger partial charge in [-0.1, -0.05) is 170 Å². The van der Waals surface area contributed by atoms with Crippen LogP contribution in [-0.4, -0.2) is 5.25 Å². The summed E-state index contributed by atoms with van der Waals surface area (Å²) in [5, 5.41) is 8.23. The van der Waals surface area contributed by atoms with Crippen molar-refractivity contribution in [2.75, 3.05) is 4.90 Å². The van der Waals surface area contributed by atoms with E-state index in [1.807, 2.05) is 11.8 Å². The molecular weight excluding hydrogens is 695 g/mol. The molecular formula is C54H37NS. The van der Waals surface area contributed by atoms with Gasteiger partial charge in [0.25, 0.3) is 0 Å². The smallest absolute Gasteiger partial charge is 0.0540 e. The fourth-order valence-corrected chi connectivity index (χ4v) is 10.3. The Kier molecular flexibility index (Phi) is 7.96. The van der Waals surface area contributed by atoms with Crippen LogP contribution in [0, 0.1) is 0 Å². The van der Waals surface area contributed by atoms with Crippen LogP contribution in [0.5, 0.6) is 0 Å². The van der Waals surface area contributed by atoms with Crippen molar-refractivity contribution in [3.8, 4) is 33.4 Å². The highest BCUT2D eigenvalue weighted by Crippen LogP contribution is 2.52. The summed E-state index contributed by atoms with van der Waals surface area (Å²) in [6.45, 7) is 0. The van der Waals surface area contributed by atoms with Gasteiger partial charge in [0.1, 0.15) is 0 Å². The molecule has 0 N–H and O–H groups in total. The van der Waals surface area contributed by atoms with Crippen molar-refractivity contribution in [2.45, 2.75) is 16.6 Å². The fraction of sp³-hybridized carbons (Fsp3) is 0.0370. The number of para-hydroxylation sites is 1.